The first-order valence-electron chi connectivity index (χ1n) is 5.43. The minimum absolute atomic E-state index is 0.285. The fourth-order valence-corrected chi connectivity index (χ4v) is 1.91. The summed E-state index contributed by atoms with van der Waals surface area (Å²) < 4.78 is 9.58. The third kappa shape index (κ3) is 4.57. The maximum absolute atomic E-state index is 5.32. The first-order valence-corrected chi connectivity index (χ1v) is 6.20. The van der Waals surface area contributed by atoms with Crippen LogP contribution in [0.5, 0.6) is 0 Å². The second-order valence-corrected chi connectivity index (χ2v) is 4.22. The molecule has 0 spiro atoms. The second kappa shape index (κ2) is 6.74. The number of nitrogens with one attached hydrogen (secondary N) is 1. The van der Waals surface area contributed by atoms with Gasteiger partial charge in [0.1, 0.15) is 5.82 Å². The van der Waals surface area contributed by atoms with E-state index in [9.17, 15) is 0 Å². The molecule has 4 nitrogen and oxygen atoms in total. The zero-order chi connectivity index (χ0) is 11.1. The van der Waals surface area contributed by atoms with Gasteiger partial charge in [0.2, 0.25) is 5.13 Å². The smallest absolute Gasteiger partial charge is 0.202 e. The van der Waals surface area contributed by atoms with Crippen molar-refractivity contribution in [1.29, 1.82) is 0 Å². The number of hydrogen-bond donors (Lipinski definition) is 1. The highest BCUT2D eigenvalue weighted by Gasteiger charge is 2.06. The molecular formula is C10H19N3OS. The van der Waals surface area contributed by atoms with Gasteiger partial charge in [0.05, 0.1) is 6.61 Å². The molecule has 1 atom stereocenters. The van der Waals surface area contributed by atoms with Crippen molar-refractivity contribution in [3.8, 4) is 0 Å². The maximum Gasteiger partial charge on any atom is 0.202 e. The molecule has 15 heavy (non-hydrogen) atoms. The number of nitrogens with zero attached hydrogens (tertiary/aromatic N) is 2. The zero-order valence-corrected chi connectivity index (χ0v) is 10.4. The number of rotatable bonds is 7. The predicted molar refractivity (Wildman–Crippen MR) is 63.5 cm³/mol. The first-order chi connectivity index (χ1) is 7.26. The SMILES string of the molecule is CCCc1nsc(NC(C)COCC)n1. The van der Waals surface area contributed by atoms with Crippen LogP contribution in [0.15, 0.2) is 0 Å². The monoisotopic (exact) mass is 229 g/mol. The molecule has 0 bridgehead atoms. The Morgan fingerprint density at radius 1 is 1.47 bits per heavy atom. The molecule has 86 valence electrons. The molecule has 1 aromatic heterocycles. The van der Waals surface area contributed by atoms with Crippen LogP contribution in [0.25, 0.3) is 0 Å². The van der Waals surface area contributed by atoms with Gasteiger partial charge in [-0.3, -0.25) is 0 Å². The third-order valence-electron chi connectivity index (χ3n) is 1.88. The van der Waals surface area contributed by atoms with Crippen LogP contribution in [-0.2, 0) is 11.2 Å². The number of hydrogen-bond acceptors (Lipinski definition) is 5. The third-order valence-corrected chi connectivity index (χ3v) is 2.57. The summed E-state index contributed by atoms with van der Waals surface area (Å²) in [6.45, 7) is 7.67. The molecule has 0 saturated carbocycles. The second-order valence-electron chi connectivity index (χ2n) is 3.47. The molecule has 0 saturated heterocycles. The highest BCUT2D eigenvalue weighted by atomic mass is 32.1. The minimum Gasteiger partial charge on any atom is -0.380 e. The molecule has 0 aliphatic rings. The summed E-state index contributed by atoms with van der Waals surface area (Å²) in [4.78, 5) is 4.39. The van der Waals surface area contributed by atoms with Crippen LogP contribution >= 0.6 is 11.5 Å². The van der Waals surface area contributed by atoms with Gasteiger partial charge in [0.15, 0.2) is 0 Å². The Balaban J connectivity index is 2.35. The van der Waals surface area contributed by atoms with E-state index in [0.717, 1.165) is 30.4 Å². The summed E-state index contributed by atoms with van der Waals surface area (Å²) in [5.41, 5.74) is 0. The molecule has 1 aromatic rings. The Hall–Kier alpha value is -0.680. The quantitative estimate of drug-likeness (QED) is 0.779. The molecule has 1 unspecified atom stereocenters. The Labute approximate surface area is 95.2 Å². The Morgan fingerprint density at radius 3 is 2.93 bits per heavy atom. The lowest BCUT2D eigenvalue weighted by Gasteiger charge is -2.11. The van der Waals surface area contributed by atoms with Crippen molar-refractivity contribution in [3.63, 3.8) is 0 Å². The highest BCUT2D eigenvalue weighted by molar-refractivity contribution is 7.09. The van der Waals surface area contributed by atoms with E-state index in [4.69, 9.17) is 4.74 Å². The first kappa shape index (κ1) is 12.4. The molecule has 0 aliphatic carbocycles. The fourth-order valence-electron chi connectivity index (χ4n) is 1.18. The van der Waals surface area contributed by atoms with Crippen LogP contribution in [0.3, 0.4) is 0 Å². The van der Waals surface area contributed by atoms with Crippen LogP contribution in [-0.4, -0.2) is 28.6 Å². The van der Waals surface area contributed by atoms with Gasteiger partial charge >= 0.3 is 0 Å². The highest BCUT2D eigenvalue weighted by Crippen LogP contribution is 2.13. The molecule has 0 aromatic carbocycles. The van der Waals surface area contributed by atoms with E-state index in [-0.39, 0.29) is 6.04 Å². The minimum atomic E-state index is 0.285. The molecule has 0 radical (unpaired) electrons. The largest absolute Gasteiger partial charge is 0.380 e. The molecule has 1 N–H and O–H groups in total. The lowest BCUT2D eigenvalue weighted by molar-refractivity contribution is 0.141. The van der Waals surface area contributed by atoms with Crippen molar-refractivity contribution in [2.45, 2.75) is 39.7 Å². The Kier molecular flexibility index (Phi) is 5.57. The number of anilines is 1. The predicted octanol–water partition coefficient (Wildman–Crippen LogP) is 2.33. The van der Waals surface area contributed by atoms with E-state index in [1.54, 1.807) is 0 Å². The van der Waals surface area contributed by atoms with Crippen LogP contribution < -0.4 is 5.32 Å². The molecule has 0 amide bonds. The van der Waals surface area contributed by atoms with Crippen molar-refractivity contribution in [3.05, 3.63) is 5.82 Å². The van der Waals surface area contributed by atoms with Gasteiger partial charge in [-0.2, -0.15) is 4.37 Å². The fraction of sp³-hybridized carbons (Fsp3) is 0.800. The van der Waals surface area contributed by atoms with Gasteiger partial charge in [0.25, 0.3) is 0 Å². The van der Waals surface area contributed by atoms with Crippen molar-refractivity contribution < 1.29 is 4.74 Å². The van der Waals surface area contributed by atoms with E-state index in [0.29, 0.717) is 6.61 Å². The van der Waals surface area contributed by atoms with Gasteiger partial charge < -0.3 is 10.1 Å². The van der Waals surface area contributed by atoms with E-state index < -0.39 is 0 Å². The molecule has 0 aliphatic heterocycles. The van der Waals surface area contributed by atoms with Crippen LogP contribution in [0.4, 0.5) is 5.13 Å². The van der Waals surface area contributed by atoms with Gasteiger partial charge in [-0.25, -0.2) is 4.98 Å². The normalized spacial score (nSPS) is 12.7. The topological polar surface area (TPSA) is 47.0 Å². The molecular weight excluding hydrogens is 210 g/mol. The molecule has 5 heteroatoms. The number of aryl methyl sites for hydroxylation is 1. The summed E-state index contributed by atoms with van der Waals surface area (Å²) in [5.74, 6) is 0.939. The average molecular weight is 229 g/mol. The van der Waals surface area contributed by atoms with Crippen molar-refractivity contribution in [1.82, 2.24) is 9.36 Å². The van der Waals surface area contributed by atoms with E-state index in [1.807, 2.05) is 6.92 Å². The lowest BCUT2D eigenvalue weighted by atomic mass is 10.3. The van der Waals surface area contributed by atoms with Crippen molar-refractivity contribution in [2.75, 3.05) is 18.5 Å². The van der Waals surface area contributed by atoms with Crippen molar-refractivity contribution >= 4 is 16.7 Å². The summed E-state index contributed by atoms with van der Waals surface area (Å²) in [5, 5.41) is 4.17. The van der Waals surface area contributed by atoms with Crippen LogP contribution in [0, 0.1) is 0 Å². The summed E-state index contributed by atoms with van der Waals surface area (Å²) in [6, 6.07) is 0.285. The Bertz CT molecular complexity index is 277. The van der Waals surface area contributed by atoms with Crippen LogP contribution in [0.2, 0.25) is 0 Å². The van der Waals surface area contributed by atoms with Crippen molar-refractivity contribution in [2.24, 2.45) is 0 Å². The van der Waals surface area contributed by atoms with E-state index >= 15 is 0 Å². The van der Waals surface area contributed by atoms with Crippen LogP contribution in [0.1, 0.15) is 33.0 Å². The maximum atomic E-state index is 5.32. The number of aromatic nitrogens is 2. The summed E-state index contributed by atoms with van der Waals surface area (Å²) in [6.07, 6.45) is 2.04. The lowest BCUT2D eigenvalue weighted by Crippen LogP contribution is -2.21. The van der Waals surface area contributed by atoms with Gasteiger partial charge in [-0.15, -0.1) is 0 Å². The molecule has 1 heterocycles. The average Bonchev–Trinajstić information content (AvgIpc) is 2.63. The standard InChI is InChI=1S/C10H19N3OS/c1-4-6-9-12-10(15-13-9)11-8(3)7-14-5-2/h8H,4-7H2,1-3H3,(H,11,12,13). The van der Waals surface area contributed by atoms with Gasteiger partial charge in [-0.05, 0) is 20.3 Å². The van der Waals surface area contributed by atoms with Gasteiger partial charge in [0, 0.05) is 30.6 Å². The zero-order valence-electron chi connectivity index (χ0n) is 9.62. The van der Waals surface area contributed by atoms with E-state index in [2.05, 4.69) is 28.5 Å². The summed E-state index contributed by atoms with van der Waals surface area (Å²) in [7, 11) is 0. The Morgan fingerprint density at radius 2 is 2.27 bits per heavy atom. The summed E-state index contributed by atoms with van der Waals surface area (Å²) >= 11 is 1.42. The molecule has 0 fully saturated rings. The van der Waals surface area contributed by atoms with Gasteiger partial charge in [-0.1, -0.05) is 6.92 Å². The number of ether oxygens (including phenoxy) is 1. The molecule has 1 rings (SSSR count). The van der Waals surface area contributed by atoms with E-state index in [1.165, 1.54) is 11.5 Å².